The first kappa shape index (κ1) is 12.7. The molecule has 1 saturated heterocycles. The van der Waals surface area contributed by atoms with E-state index in [9.17, 15) is 4.79 Å². The van der Waals surface area contributed by atoms with Crippen molar-refractivity contribution in [1.29, 1.82) is 0 Å². The fraction of sp³-hybridized carbons (Fsp3) is 0.923. The van der Waals surface area contributed by atoms with Crippen molar-refractivity contribution in [2.24, 2.45) is 11.3 Å². The Morgan fingerprint density at radius 1 is 1.53 bits per heavy atom. The number of hydrogen-bond donors (Lipinski definition) is 2. The molecular formula is C13H24N2O2. The molecule has 2 fully saturated rings. The zero-order valence-corrected chi connectivity index (χ0v) is 11.1. The molecule has 2 rings (SSSR count). The maximum atomic E-state index is 11.6. The smallest absolute Gasteiger partial charge is 0.407 e. The van der Waals surface area contributed by atoms with E-state index >= 15 is 0 Å². The van der Waals surface area contributed by atoms with Crippen LogP contribution in [0.1, 0.15) is 40.0 Å². The SMILES string of the molecule is CC(C)(C)OC(=O)NC[C@]12CCC[C@@H]1CNC2. The molecule has 1 amide bonds. The molecule has 0 bridgehead atoms. The lowest BCUT2D eigenvalue weighted by Gasteiger charge is -2.29. The summed E-state index contributed by atoms with van der Waals surface area (Å²) in [6.45, 7) is 8.56. The number of hydrogen-bond acceptors (Lipinski definition) is 3. The summed E-state index contributed by atoms with van der Waals surface area (Å²) in [5.74, 6) is 0.734. The molecule has 1 saturated carbocycles. The van der Waals surface area contributed by atoms with Crippen molar-refractivity contribution < 1.29 is 9.53 Å². The van der Waals surface area contributed by atoms with Gasteiger partial charge < -0.3 is 15.4 Å². The summed E-state index contributed by atoms with van der Waals surface area (Å²) in [5.41, 5.74) is -0.123. The zero-order chi connectivity index (χ0) is 12.5. The second-order valence-electron chi connectivity index (χ2n) is 6.44. The first-order valence-electron chi connectivity index (χ1n) is 6.59. The molecule has 4 heteroatoms. The average molecular weight is 240 g/mol. The Morgan fingerprint density at radius 2 is 2.29 bits per heavy atom. The maximum Gasteiger partial charge on any atom is 0.407 e. The highest BCUT2D eigenvalue weighted by Gasteiger charge is 2.46. The maximum absolute atomic E-state index is 11.6. The molecule has 0 radical (unpaired) electrons. The van der Waals surface area contributed by atoms with Crippen LogP contribution in [0.5, 0.6) is 0 Å². The van der Waals surface area contributed by atoms with Crippen molar-refractivity contribution in [2.45, 2.75) is 45.6 Å². The Labute approximate surface area is 103 Å². The van der Waals surface area contributed by atoms with Gasteiger partial charge in [-0.25, -0.2) is 4.79 Å². The number of nitrogens with one attached hydrogen (secondary N) is 2. The molecule has 0 spiro atoms. The van der Waals surface area contributed by atoms with Crippen LogP contribution in [0.3, 0.4) is 0 Å². The number of carbonyl (C=O) groups is 1. The Bertz CT molecular complexity index is 286. The highest BCUT2D eigenvalue weighted by Crippen LogP contribution is 2.45. The van der Waals surface area contributed by atoms with E-state index in [1.165, 1.54) is 19.3 Å². The van der Waals surface area contributed by atoms with E-state index in [-0.39, 0.29) is 11.5 Å². The third-order valence-electron chi connectivity index (χ3n) is 3.94. The number of carbonyl (C=O) groups excluding carboxylic acids is 1. The van der Waals surface area contributed by atoms with Gasteiger partial charge in [-0.3, -0.25) is 0 Å². The minimum atomic E-state index is -0.412. The summed E-state index contributed by atoms with van der Waals surface area (Å²) in [6, 6.07) is 0. The molecule has 0 aromatic rings. The van der Waals surface area contributed by atoms with Gasteiger partial charge in [0.2, 0.25) is 0 Å². The van der Waals surface area contributed by atoms with Crippen molar-refractivity contribution in [3.63, 3.8) is 0 Å². The van der Waals surface area contributed by atoms with E-state index in [2.05, 4.69) is 10.6 Å². The highest BCUT2D eigenvalue weighted by molar-refractivity contribution is 5.67. The molecule has 2 aliphatic rings. The van der Waals surface area contributed by atoms with Gasteiger partial charge >= 0.3 is 6.09 Å². The van der Waals surface area contributed by atoms with Gasteiger partial charge in [0.15, 0.2) is 0 Å². The molecule has 1 aliphatic heterocycles. The highest BCUT2D eigenvalue weighted by atomic mass is 16.6. The monoisotopic (exact) mass is 240 g/mol. The second-order valence-corrected chi connectivity index (χ2v) is 6.44. The van der Waals surface area contributed by atoms with Crippen LogP contribution in [0.4, 0.5) is 4.79 Å². The van der Waals surface area contributed by atoms with Gasteiger partial charge in [0.1, 0.15) is 5.60 Å². The van der Waals surface area contributed by atoms with E-state index in [4.69, 9.17) is 4.74 Å². The van der Waals surface area contributed by atoms with Crippen molar-refractivity contribution in [2.75, 3.05) is 19.6 Å². The predicted molar refractivity (Wildman–Crippen MR) is 66.9 cm³/mol. The number of fused-ring (bicyclic) bond motifs is 1. The number of alkyl carbamates (subject to hydrolysis) is 1. The number of amides is 1. The van der Waals surface area contributed by atoms with Crippen LogP contribution in [-0.4, -0.2) is 31.3 Å². The van der Waals surface area contributed by atoms with Gasteiger partial charge in [-0.2, -0.15) is 0 Å². The largest absolute Gasteiger partial charge is 0.444 e. The summed E-state index contributed by atoms with van der Waals surface area (Å²) in [6.07, 6.45) is 3.52. The van der Waals surface area contributed by atoms with Crippen LogP contribution < -0.4 is 10.6 Å². The van der Waals surface area contributed by atoms with Gasteiger partial charge in [0.25, 0.3) is 0 Å². The summed E-state index contributed by atoms with van der Waals surface area (Å²) < 4.78 is 5.27. The van der Waals surface area contributed by atoms with Crippen molar-refractivity contribution >= 4 is 6.09 Å². The third-order valence-corrected chi connectivity index (χ3v) is 3.94. The van der Waals surface area contributed by atoms with Gasteiger partial charge in [-0.15, -0.1) is 0 Å². The lowest BCUT2D eigenvalue weighted by atomic mass is 9.81. The van der Waals surface area contributed by atoms with Crippen LogP contribution >= 0.6 is 0 Å². The molecule has 1 heterocycles. The summed E-state index contributed by atoms with van der Waals surface area (Å²) in [7, 11) is 0. The van der Waals surface area contributed by atoms with E-state index in [1.807, 2.05) is 20.8 Å². The normalized spacial score (nSPS) is 32.3. The summed E-state index contributed by atoms with van der Waals surface area (Å²) >= 11 is 0. The lowest BCUT2D eigenvalue weighted by molar-refractivity contribution is 0.0497. The summed E-state index contributed by atoms with van der Waals surface area (Å²) in [5, 5.41) is 6.39. The third kappa shape index (κ3) is 2.92. The Kier molecular flexibility index (Phi) is 3.34. The van der Waals surface area contributed by atoms with Crippen LogP contribution in [0.25, 0.3) is 0 Å². The molecule has 98 valence electrons. The van der Waals surface area contributed by atoms with E-state index in [1.54, 1.807) is 0 Å². The van der Waals surface area contributed by atoms with Gasteiger partial charge in [0.05, 0.1) is 0 Å². The minimum Gasteiger partial charge on any atom is -0.444 e. The average Bonchev–Trinajstić information content (AvgIpc) is 2.69. The van der Waals surface area contributed by atoms with E-state index in [0.717, 1.165) is 25.6 Å². The Hall–Kier alpha value is -0.770. The van der Waals surface area contributed by atoms with Crippen molar-refractivity contribution in [3.05, 3.63) is 0 Å². The Morgan fingerprint density at radius 3 is 3.00 bits per heavy atom. The van der Waals surface area contributed by atoms with Crippen LogP contribution in [0.2, 0.25) is 0 Å². The molecule has 2 N–H and O–H groups in total. The fourth-order valence-corrected chi connectivity index (χ4v) is 3.12. The van der Waals surface area contributed by atoms with Crippen molar-refractivity contribution in [3.8, 4) is 0 Å². The molecule has 0 aromatic carbocycles. The zero-order valence-electron chi connectivity index (χ0n) is 11.1. The summed E-state index contributed by atoms with van der Waals surface area (Å²) in [4.78, 5) is 11.6. The topological polar surface area (TPSA) is 50.4 Å². The second kappa shape index (κ2) is 4.48. The first-order chi connectivity index (χ1) is 7.91. The molecule has 4 nitrogen and oxygen atoms in total. The molecule has 17 heavy (non-hydrogen) atoms. The van der Waals surface area contributed by atoms with Crippen LogP contribution in [0.15, 0.2) is 0 Å². The van der Waals surface area contributed by atoms with E-state index in [0.29, 0.717) is 0 Å². The van der Waals surface area contributed by atoms with Gasteiger partial charge in [-0.05, 0) is 46.1 Å². The quantitative estimate of drug-likeness (QED) is 0.775. The Balaban J connectivity index is 1.83. The minimum absolute atomic E-state index is 0.288. The molecule has 1 aliphatic carbocycles. The van der Waals surface area contributed by atoms with E-state index < -0.39 is 5.60 Å². The number of rotatable bonds is 2. The van der Waals surface area contributed by atoms with Gasteiger partial charge in [0, 0.05) is 18.5 Å². The number of ether oxygens (including phenoxy) is 1. The molecule has 0 aromatic heterocycles. The van der Waals surface area contributed by atoms with Gasteiger partial charge in [-0.1, -0.05) is 6.42 Å². The predicted octanol–water partition coefficient (Wildman–Crippen LogP) is 1.90. The van der Waals surface area contributed by atoms with Crippen LogP contribution in [0, 0.1) is 11.3 Å². The van der Waals surface area contributed by atoms with Crippen LogP contribution in [-0.2, 0) is 4.74 Å². The molecular weight excluding hydrogens is 216 g/mol. The lowest BCUT2D eigenvalue weighted by Crippen LogP contribution is -2.42. The molecule has 0 unspecified atom stereocenters. The molecule has 2 atom stereocenters. The van der Waals surface area contributed by atoms with Crippen molar-refractivity contribution in [1.82, 2.24) is 10.6 Å². The standard InChI is InChI=1S/C13H24N2O2/c1-12(2,3)17-11(16)15-9-13-6-4-5-10(13)7-14-8-13/h10,14H,4-9H2,1-3H3,(H,15,16)/t10-,13-/m1/s1. The fourth-order valence-electron chi connectivity index (χ4n) is 3.12. The first-order valence-corrected chi connectivity index (χ1v) is 6.59.